The van der Waals surface area contributed by atoms with Crippen LogP contribution in [0, 0.1) is 12.8 Å². The molecular formula is C29H32N4O3. The highest BCUT2D eigenvalue weighted by molar-refractivity contribution is 5.97. The molecule has 1 aliphatic rings. The van der Waals surface area contributed by atoms with Gasteiger partial charge in [0, 0.05) is 30.9 Å². The van der Waals surface area contributed by atoms with Gasteiger partial charge in [0.2, 0.25) is 5.91 Å². The Bertz CT molecular complexity index is 1160. The van der Waals surface area contributed by atoms with Crippen LogP contribution >= 0.6 is 0 Å². The zero-order chi connectivity index (χ0) is 25.3. The van der Waals surface area contributed by atoms with Crippen LogP contribution < -0.4 is 16.0 Å². The summed E-state index contributed by atoms with van der Waals surface area (Å²) in [7, 11) is 0. The fourth-order valence-corrected chi connectivity index (χ4v) is 4.38. The van der Waals surface area contributed by atoms with Crippen molar-refractivity contribution in [2.24, 2.45) is 5.92 Å². The van der Waals surface area contributed by atoms with Gasteiger partial charge in [-0.15, -0.1) is 0 Å². The van der Waals surface area contributed by atoms with E-state index in [4.69, 9.17) is 0 Å². The maximum atomic E-state index is 13.2. The molecule has 0 aromatic heterocycles. The summed E-state index contributed by atoms with van der Waals surface area (Å²) >= 11 is 0. The van der Waals surface area contributed by atoms with E-state index in [2.05, 4.69) is 16.0 Å². The summed E-state index contributed by atoms with van der Waals surface area (Å²) in [5.74, 6) is -0.586. The second kappa shape index (κ2) is 12.0. The molecule has 3 N–H and O–H groups in total. The number of hydrogen-bond acceptors (Lipinski definition) is 3. The van der Waals surface area contributed by atoms with Crippen molar-refractivity contribution in [2.45, 2.75) is 32.4 Å². The predicted octanol–water partition coefficient (Wildman–Crippen LogP) is 4.35. The Morgan fingerprint density at radius 2 is 1.47 bits per heavy atom. The van der Waals surface area contributed by atoms with E-state index in [1.807, 2.05) is 67.6 Å². The smallest absolute Gasteiger partial charge is 0.321 e. The summed E-state index contributed by atoms with van der Waals surface area (Å²) in [5, 5.41) is 8.87. The Hall–Kier alpha value is -4.13. The number of carbonyl (C=O) groups is 3. The van der Waals surface area contributed by atoms with Gasteiger partial charge in [-0.2, -0.15) is 0 Å². The third-order valence-electron chi connectivity index (χ3n) is 6.52. The van der Waals surface area contributed by atoms with Gasteiger partial charge in [0.05, 0.1) is 0 Å². The van der Waals surface area contributed by atoms with Crippen LogP contribution in [0.15, 0.2) is 84.9 Å². The van der Waals surface area contributed by atoms with Crippen molar-refractivity contribution in [3.05, 3.63) is 102 Å². The molecule has 1 atom stereocenters. The number of nitrogens with zero attached hydrogens (tertiary/aromatic N) is 1. The molecule has 186 valence electrons. The lowest BCUT2D eigenvalue weighted by Gasteiger charge is -2.35. The van der Waals surface area contributed by atoms with E-state index < -0.39 is 6.04 Å². The van der Waals surface area contributed by atoms with Crippen LogP contribution in [0.3, 0.4) is 0 Å². The molecule has 0 aliphatic carbocycles. The minimum atomic E-state index is -0.691. The summed E-state index contributed by atoms with van der Waals surface area (Å²) in [5.41, 5.74) is 3.37. The second-order valence-electron chi connectivity index (χ2n) is 9.14. The summed E-state index contributed by atoms with van der Waals surface area (Å²) < 4.78 is 0. The molecule has 0 unspecified atom stereocenters. The first-order chi connectivity index (χ1) is 17.5. The molecule has 0 saturated carbocycles. The average Bonchev–Trinajstić information content (AvgIpc) is 2.92. The number of hydrogen-bond donors (Lipinski definition) is 3. The Labute approximate surface area is 211 Å². The van der Waals surface area contributed by atoms with Gasteiger partial charge in [-0.1, -0.05) is 66.2 Å². The van der Waals surface area contributed by atoms with E-state index >= 15 is 0 Å². The fraction of sp³-hybridized carbons (Fsp3) is 0.276. The average molecular weight is 485 g/mol. The topological polar surface area (TPSA) is 90.5 Å². The van der Waals surface area contributed by atoms with Crippen LogP contribution in [0.5, 0.6) is 0 Å². The number of urea groups is 1. The first kappa shape index (κ1) is 25.0. The predicted molar refractivity (Wildman–Crippen MR) is 140 cm³/mol. The quantitative estimate of drug-likeness (QED) is 0.466. The van der Waals surface area contributed by atoms with Crippen molar-refractivity contribution in [1.82, 2.24) is 15.5 Å². The van der Waals surface area contributed by atoms with Crippen LogP contribution in [-0.2, 0) is 11.3 Å². The van der Waals surface area contributed by atoms with Crippen molar-refractivity contribution >= 4 is 23.5 Å². The first-order valence-corrected chi connectivity index (χ1v) is 12.3. The number of nitrogens with one attached hydrogen (secondary N) is 3. The Balaban J connectivity index is 1.39. The molecule has 1 saturated heterocycles. The number of piperidine rings is 1. The van der Waals surface area contributed by atoms with Gasteiger partial charge in [0.1, 0.15) is 6.04 Å². The number of aryl methyl sites for hydroxylation is 1. The SMILES string of the molecule is Cc1ccc(NC(=O)N2CCC([C@H](NC(=O)c3ccccc3)C(=O)NCc3ccccc3)CC2)cc1. The lowest BCUT2D eigenvalue weighted by atomic mass is 9.88. The van der Waals surface area contributed by atoms with E-state index in [-0.39, 0.29) is 23.8 Å². The molecule has 0 spiro atoms. The van der Waals surface area contributed by atoms with E-state index in [0.717, 1.165) is 16.8 Å². The molecule has 1 aliphatic heterocycles. The van der Waals surface area contributed by atoms with Gasteiger partial charge in [-0.25, -0.2) is 4.79 Å². The second-order valence-corrected chi connectivity index (χ2v) is 9.14. The van der Waals surface area contributed by atoms with E-state index in [0.29, 0.717) is 38.0 Å². The van der Waals surface area contributed by atoms with Gasteiger partial charge in [-0.3, -0.25) is 9.59 Å². The van der Waals surface area contributed by atoms with Gasteiger partial charge >= 0.3 is 6.03 Å². The van der Waals surface area contributed by atoms with Crippen molar-refractivity contribution in [3.63, 3.8) is 0 Å². The number of likely N-dealkylation sites (tertiary alicyclic amines) is 1. The first-order valence-electron chi connectivity index (χ1n) is 12.3. The molecule has 1 fully saturated rings. The number of anilines is 1. The Morgan fingerprint density at radius 3 is 2.11 bits per heavy atom. The highest BCUT2D eigenvalue weighted by Gasteiger charge is 2.34. The highest BCUT2D eigenvalue weighted by atomic mass is 16.2. The third kappa shape index (κ3) is 6.72. The molecule has 0 bridgehead atoms. The monoisotopic (exact) mass is 484 g/mol. The fourth-order valence-electron chi connectivity index (χ4n) is 4.38. The summed E-state index contributed by atoms with van der Waals surface area (Å²) in [6, 6.07) is 25.4. The molecule has 7 heteroatoms. The van der Waals surface area contributed by atoms with Gasteiger partial charge in [0.25, 0.3) is 5.91 Å². The minimum absolute atomic E-state index is 0.0862. The molecule has 3 aromatic carbocycles. The Morgan fingerprint density at radius 1 is 0.861 bits per heavy atom. The normalized spacial score (nSPS) is 14.5. The standard InChI is InChI=1S/C29H32N4O3/c1-21-12-14-25(15-13-21)31-29(36)33-18-16-23(17-19-33)26(32-27(34)24-10-6-3-7-11-24)28(35)30-20-22-8-4-2-5-9-22/h2-15,23,26H,16-20H2,1H3,(H,30,35)(H,31,36)(H,32,34)/t26-/m0/s1. The number of benzene rings is 3. The molecule has 4 rings (SSSR count). The van der Waals surface area contributed by atoms with Gasteiger partial charge in [0.15, 0.2) is 0 Å². The van der Waals surface area contributed by atoms with E-state index in [1.165, 1.54) is 0 Å². The lowest BCUT2D eigenvalue weighted by Crippen LogP contribution is -2.54. The highest BCUT2D eigenvalue weighted by Crippen LogP contribution is 2.23. The zero-order valence-corrected chi connectivity index (χ0v) is 20.4. The van der Waals surface area contributed by atoms with Crippen molar-refractivity contribution in [2.75, 3.05) is 18.4 Å². The molecule has 1 heterocycles. The van der Waals surface area contributed by atoms with Crippen LogP contribution in [-0.4, -0.2) is 41.9 Å². The summed E-state index contributed by atoms with van der Waals surface area (Å²) in [4.78, 5) is 40.7. The van der Waals surface area contributed by atoms with E-state index in [1.54, 1.807) is 29.2 Å². The number of amides is 4. The molecule has 36 heavy (non-hydrogen) atoms. The maximum Gasteiger partial charge on any atom is 0.321 e. The summed E-state index contributed by atoms with van der Waals surface area (Å²) in [6.07, 6.45) is 1.22. The zero-order valence-electron chi connectivity index (χ0n) is 20.4. The Kier molecular flexibility index (Phi) is 8.34. The molecule has 7 nitrogen and oxygen atoms in total. The number of rotatable bonds is 7. The summed E-state index contributed by atoms with van der Waals surface area (Å²) in [6.45, 7) is 3.40. The molecule has 3 aromatic rings. The maximum absolute atomic E-state index is 13.2. The largest absolute Gasteiger partial charge is 0.350 e. The lowest BCUT2D eigenvalue weighted by molar-refractivity contribution is -0.124. The van der Waals surface area contributed by atoms with Crippen LogP contribution in [0.2, 0.25) is 0 Å². The third-order valence-corrected chi connectivity index (χ3v) is 6.52. The number of carbonyl (C=O) groups excluding carboxylic acids is 3. The van der Waals surface area contributed by atoms with Crippen molar-refractivity contribution < 1.29 is 14.4 Å². The van der Waals surface area contributed by atoms with Crippen LogP contribution in [0.4, 0.5) is 10.5 Å². The van der Waals surface area contributed by atoms with Crippen molar-refractivity contribution in [3.8, 4) is 0 Å². The van der Waals surface area contributed by atoms with Gasteiger partial charge in [-0.05, 0) is 55.5 Å². The van der Waals surface area contributed by atoms with E-state index in [9.17, 15) is 14.4 Å². The van der Waals surface area contributed by atoms with Gasteiger partial charge < -0.3 is 20.9 Å². The van der Waals surface area contributed by atoms with Crippen LogP contribution in [0.1, 0.15) is 34.3 Å². The minimum Gasteiger partial charge on any atom is -0.350 e. The van der Waals surface area contributed by atoms with Crippen LogP contribution in [0.25, 0.3) is 0 Å². The van der Waals surface area contributed by atoms with Crippen molar-refractivity contribution in [1.29, 1.82) is 0 Å². The molecule has 0 radical (unpaired) electrons. The molecule has 4 amide bonds. The molecular weight excluding hydrogens is 452 g/mol.